The van der Waals surface area contributed by atoms with E-state index < -0.39 is 6.04 Å². The maximum Gasteiger partial charge on any atom is 0.242 e. The third-order valence-corrected chi connectivity index (χ3v) is 6.82. The van der Waals surface area contributed by atoms with Gasteiger partial charge >= 0.3 is 0 Å². The smallest absolute Gasteiger partial charge is 0.242 e. The lowest BCUT2D eigenvalue weighted by Crippen LogP contribution is -2.49. The Kier molecular flexibility index (Phi) is 9.27. The highest BCUT2D eigenvalue weighted by Gasteiger charge is 2.24. The molecule has 3 aromatic rings. The van der Waals surface area contributed by atoms with Crippen LogP contribution in [0.2, 0.25) is 0 Å². The van der Waals surface area contributed by atoms with Crippen LogP contribution in [0.1, 0.15) is 43.2 Å². The molecule has 0 bridgehead atoms. The quantitative estimate of drug-likeness (QED) is 0.371. The van der Waals surface area contributed by atoms with Gasteiger partial charge in [0, 0.05) is 38.0 Å². The number of amides is 3. The van der Waals surface area contributed by atoms with Crippen molar-refractivity contribution in [3.8, 4) is 0 Å². The van der Waals surface area contributed by atoms with Crippen LogP contribution in [0, 0.1) is 0 Å². The second kappa shape index (κ2) is 13.0. The van der Waals surface area contributed by atoms with Crippen LogP contribution in [-0.4, -0.2) is 43.4 Å². The van der Waals surface area contributed by atoms with Crippen LogP contribution in [0.15, 0.2) is 66.7 Å². The number of carbonyl (C=O) groups is 3. The van der Waals surface area contributed by atoms with Crippen molar-refractivity contribution in [2.75, 3.05) is 24.5 Å². The Bertz CT molecular complexity index is 1240. The number of hydrogen-bond acceptors (Lipinski definition) is 4. The molecule has 0 spiro atoms. The summed E-state index contributed by atoms with van der Waals surface area (Å²) in [4.78, 5) is 40.7. The predicted octanol–water partition coefficient (Wildman–Crippen LogP) is 3.48. The number of nitrogens with one attached hydrogen (secondary N) is 2. The number of nitrogens with zero attached hydrogens (tertiary/aromatic N) is 1. The Labute approximate surface area is 218 Å². The summed E-state index contributed by atoms with van der Waals surface area (Å²) in [6.07, 6.45) is 4.37. The zero-order valence-corrected chi connectivity index (χ0v) is 21.2. The maximum absolute atomic E-state index is 13.1. The lowest BCUT2D eigenvalue weighted by Gasteiger charge is -2.27. The fraction of sp³-hybridized carbons (Fsp3) is 0.367. The van der Waals surface area contributed by atoms with Gasteiger partial charge in [0.15, 0.2) is 0 Å². The topological polar surface area (TPSA) is 105 Å². The van der Waals surface area contributed by atoms with Gasteiger partial charge in [0.2, 0.25) is 17.7 Å². The van der Waals surface area contributed by atoms with Crippen molar-refractivity contribution in [2.45, 2.75) is 51.0 Å². The van der Waals surface area contributed by atoms with E-state index in [-0.39, 0.29) is 30.7 Å². The summed E-state index contributed by atoms with van der Waals surface area (Å²) in [5.74, 6) is -0.457. The Morgan fingerprint density at radius 2 is 1.70 bits per heavy atom. The minimum atomic E-state index is -0.721. The lowest BCUT2D eigenvalue weighted by atomic mass is 10.0. The third kappa shape index (κ3) is 7.17. The molecule has 0 aromatic heterocycles. The number of anilines is 1. The maximum atomic E-state index is 13.1. The first kappa shape index (κ1) is 26.4. The fourth-order valence-corrected chi connectivity index (χ4v) is 4.82. The zero-order valence-electron chi connectivity index (χ0n) is 21.2. The second-order valence-electron chi connectivity index (χ2n) is 9.57. The molecule has 4 N–H and O–H groups in total. The van der Waals surface area contributed by atoms with Gasteiger partial charge in [-0.25, -0.2) is 0 Å². The molecule has 0 fully saturated rings. The average Bonchev–Trinajstić information content (AvgIpc) is 2.90. The highest BCUT2D eigenvalue weighted by molar-refractivity contribution is 5.95. The number of hydrogen-bond donors (Lipinski definition) is 3. The molecule has 1 aliphatic heterocycles. The molecule has 7 heteroatoms. The van der Waals surface area contributed by atoms with Gasteiger partial charge in [0.05, 0.1) is 0 Å². The molecule has 1 aliphatic rings. The number of para-hydroxylation sites is 1. The highest BCUT2D eigenvalue weighted by Crippen LogP contribution is 2.26. The molecular formula is C30H36N4O3. The molecule has 0 saturated carbocycles. The minimum absolute atomic E-state index is 0.0344. The van der Waals surface area contributed by atoms with E-state index in [1.54, 1.807) is 4.90 Å². The van der Waals surface area contributed by atoms with Crippen molar-refractivity contribution < 1.29 is 14.4 Å². The Balaban J connectivity index is 1.45. The van der Waals surface area contributed by atoms with Crippen LogP contribution in [0.5, 0.6) is 0 Å². The van der Waals surface area contributed by atoms with Crippen LogP contribution in [0.25, 0.3) is 10.8 Å². The molecule has 194 valence electrons. The fourth-order valence-electron chi connectivity index (χ4n) is 4.82. The molecule has 3 amide bonds. The van der Waals surface area contributed by atoms with Crippen molar-refractivity contribution in [1.82, 2.24) is 10.6 Å². The summed E-state index contributed by atoms with van der Waals surface area (Å²) in [6, 6.07) is 21.3. The zero-order chi connectivity index (χ0) is 26.0. The first-order chi connectivity index (χ1) is 18.0. The van der Waals surface area contributed by atoms with Crippen LogP contribution in [0.3, 0.4) is 0 Å². The van der Waals surface area contributed by atoms with Crippen molar-refractivity contribution in [1.29, 1.82) is 0 Å². The second-order valence-corrected chi connectivity index (χ2v) is 9.57. The van der Waals surface area contributed by atoms with Gasteiger partial charge in [0.1, 0.15) is 6.04 Å². The van der Waals surface area contributed by atoms with E-state index in [1.165, 1.54) is 0 Å². The van der Waals surface area contributed by atoms with Gasteiger partial charge in [-0.15, -0.1) is 0 Å². The molecule has 1 atom stereocenters. The number of fused-ring (bicyclic) bond motifs is 2. The first-order valence-electron chi connectivity index (χ1n) is 13.2. The van der Waals surface area contributed by atoms with E-state index in [4.69, 9.17) is 5.73 Å². The molecule has 37 heavy (non-hydrogen) atoms. The summed E-state index contributed by atoms with van der Waals surface area (Å²) in [6.45, 7) is 1.21. The predicted molar refractivity (Wildman–Crippen MR) is 147 cm³/mol. The number of nitrogens with two attached hydrogens (primary N) is 1. The Hall–Kier alpha value is -3.71. The van der Waals surface area contributed by atoms with Crippen LogP contribution >= 0.6 is 0 Å². The highest BCUT2D eigenvalue weighted by atomic mass is 16.2. The van der Waals surface area contributed by atoms with E-state index in [2.05, 4.69) is 16.7 Å². The van der Waals surface area contributed by atoms with Crippen molar-refractivity contribution >= 4 is 34.2 Å². The SMILES string of the molecule is NCCCNC(=O)C(Cc1ccc2ccccc2c1)NC(=O)CCN1C(=O)CCCCc2ccccc21. The molecule has 1 unspecified atom stereocenters. The molecule has 7 nitrogen and oxygen atoms in total. The van der Waals surface area contributed by atoms with Crippen molar-refractivity contribution in [3.05, 3.63) is 77.9 Å². The van der Waals surface area contributed by atoms with E-state index >= 15 is 0 Å². The van der Waals surface area contributed by atoms with Crippen LogP contribution in [-0.2, 0) is 27.2 Å². The van der Waals surface area contributed by atoms with Gasteiger partial charge in [-0.3, -0.25) is 14.4 Å². The largest absolute Gasteiger partial charge is 0.354 e. The molecule has 1 heterocycles. The van der Waals surface area contributed by atoms with Crippen LogP contribution in [0.4, 0.5) is 5.69 Å². The van der Waals surface area contributed by atoms with Crippen molar-refractivity contribution in [2.24, 2.45) is 5.73 Å². The summed E-state index contributed by atoms with van der Waals surface area (Å²) in [7, 11) is 0. The molecular weight excluding hydrogens is 464 g/mol. The normalized spacial score (nSPS) is 14.4. The third-order valence-electron chi connectivity index (χ3n) is 6.82. The van der Waals surface area contributed by atoms with Gasteiger partial charge in [-0.2, -0.15) is 0 Å². The van der Waals surface area contributed by atoms with E-state index in [0.29, 0.717) is 32.4 Å². The summed E-state index contributed by atoms with van der Waals surface area (Å²) in [5, 5.41) is 8.02. The first-order valence-corrected chi connectivity index (χ1v) is 13.2. The van der Waals surface area contributed by atoms with E-state index in [9.17, 15) is 14.4 Å². The van der Waals surface area contributed by atoms with Gasteiger partial charge in [-0.1, -0.05) is 60.7 Å². The van der Waals surface area contributed by atoms with E-state index in [0.717, 1.165) is 46.8 Å². The lowest BCUT2D eigenvalue weighted by molar-refractivity contribution is -0.129. The number of rotatable bonds is 10. The van der Waals surface area contributed by atoms with Crippen LogP contribution < -0.4 is 21.3 Å². The standard InChI is InChI=1S/C30H36N4O3/c31-17-7-18-32-30(37)26(21-22-14-15-23-8-1-2-11-25(23)20-22)33-28(35)16-19-34-27-12-5-3-9-24(27)10-4-6-13-29(34)36/h1-3,5,8-9,11-12,14-15,20,26H,4,6-7,10,13,16-19,21,31H2,(H,32,37)(H,33,35). The number of benzene rings is 3. The van der Waals surface area contributed by atoms with Gasteiger partial charge in [0.25, 0.3) is 0 Å². The molecule has 4 rings (SSSR count). The summed E-state index contributed by atoms with van der Waals surface area (Å²) < 4.78 is 0. The minimum Gasteiger partial charge on any atom is -0.354 e. The number of carbonyl (C=O) groups excluding carboxylic acids is 3. The molecule has 0 aliphatic carbocycles. The summed E-state index contributed by atoms with van der Waals surface area (Å²) in [5.41, 5.74) is 8.55. The number of aryl methyl sites for hydroxylation is 1. The molecule has 0 saturated heterocycles. The monoisotopic (exact) mass is 500 g/mol. The van der Waals surface area contributed by atoms with Crippen molar-refractivity contribution in [3.63, 3.8) is 0 Å². The van der Waals surface area contributed by atoms with E-state index in [1.807, 2.05) is 60.7 Å². The molecule has 0 radical (unpaired) electrons. The molecule has 3 aromatic carbocycles. The van der Waals surface area contributed by atoms with Gasteiger partial charge < -0.3 is 21.3 Å². The summed E-state index contributed by atoms with van der Waals surface area (Å²) >= 11 is 0. The van der Waals surface area contributed by atoms with Gasteiger partial charge in [-0.05, 0) is 60.2 Å². The average molecular weight is 501 g/mol. The Morgan fingerprint density at radius 3 is 2.54 bits per heavy atom. The Morgan fingerprint density at radius 1 is 0.946 bits per heavy atom.